The van der Waals surface area contributed by atoms with E-state index in [0.29, 0.717) is 0 Å². The molecule has 2 rings (SSSR count). The van der Waals surface area contributed by atoms with Gasteiger partial charge >= 0.3 is 0 Å². The van der Waals surface area contributed by atoms with Crippen LogP contribution in [-0.4, -0.2) is 14.8 Å². The molecule has 0 spiro atoms. The first kappa shape index (κ1) is 5.53. The third-order valence-electron chi connectivity index (χ3n) is 1.51. The molecule has 0 aromatic carbocycles. The van der Waals surface area contributed by atoms with Crippen molar-refractivity contribution in [2.75, 3.05) is 0 Å². The lowest BCUT2D eigenvalue weighted by atomic mass is 10.4. The molecule has 0 unspecified atom stereocenters. The second-order valence-electron chi connectivity index (χ2n) is 2.56. The van der Waals surface area contributed by atoms with Gasteiger partial charge in [0, 0.05) is 5.69 Å². The highest BCUT2D eigenvalue weighted by molar-refractivity contribution is 5.47. The Labute approximate surface area is 58.6 Å². The molecule has 1 N–H and O–H groups in total. The first-order valence-corrected chi connectivity index (χ1v) is 3.28. The van der Waals surface area contributed by atoms with E-state index in [-0.39, 0.29) is 0 Å². The molecule has 3 heteroatoms. The van der Waals surface area contributed by atoms with Gasteiger partial charge in [0.25, 0.3) is 0 Å². The predicted molar refractivity (Wildman–Crippen MR) is 39.0 cm³/mol. The van der Waals surface area contributed by atoms with Gasteiger partial charge in [-0.1, -0.05) is 0 Å². The molecule has 0 bridgehead atoms. The Morgan fingerprint density at radius 2 is 2.20 bits per heavy atom. The standard InChI is InChI=1S/C7H9N3/c1-5-3-7-4-6(2)9-10(7)8-5/h3-4,8H,1-2H3. The molecule has 0 aliphatic rings. The fourth-order valence-corrected chi connectivity index (χ4v) is 1.13. The van der Waals surface area contributed by atoms with Gasteiger partial charge in [-0.3, -0.25) is 5.10 Å². The van der Waals surface area contributed by atoms with Crippen LogP contribution in [0, 0.1) is 13.8 Å². The molecule has 2 aromatic rings. The summed E-state index contributed by atoms with van der Waals surface area (Å²) in [5.41, 5.74) is 3.32. The number of H-pyrrole nitrogens is 1. The minimum absolute atomic E-state index is 1.05. The topological polar surface area (TPSA) is 33.1 Å². The molecule has 0 amide bonds. The van der Waals surface area contributed by atoms with Crippen LogP contribution in [0.25, 0.3) is 5.52 Å². The highest BCUT2D eigenvalue weighted by Gasteiger charge is 1.97. The van der Waals surface area contributed by atoms with Crippen molar-refractivity contribution in [3.05, 3.63) is 23.5 Å². The molecule has 3 nitrogen and oxygen atoms in total. The van der Waals surface area contributed by atoms with Gasteiger partial charge in [-0.15, -0.1) is 0 Å². The number of rotatable bonds is 0. The van der Waals surface area contributed by atoms with Gasteiger partial charge < -0.3 is 0 Å². The molecule has 52 valence electrons. The van der Waals surface area contributed by atoms with E-state index in [4.69, 9.17) is 0 Å². The molecule has 10 heavy (non-hydrogen) atoms. The lowest BCUT2D eigenvalue weighted by Crippen LogP contribution is -1.86. The number of fused-ring (bicyclic) bond motifs is 1. The minimum atomic E-state index is 1.05. The zero-order chi connectivity index (χ0) is 7.14. The number of nitrogens with zero attached hydrogens (tertiary/aromatic N) is 2. The maximum atomic E-state index is 4.20. The number of aryl methyl sites for hydroxylation is 2. The van der Waals surface area contributed by atoms with Gasteiger partial charge in [-0.25, -0.2) is 0 Å². The Balaban J connectivity index is 2.83. The normalized spacial score (nSPS) is 11.0. The largest absolute Gasteiger partial charge is 0.282 e. The number of nitrogens with one attached hydrogen (secondary N) is 1. The molecular weight excluding hydrogens is 126 g/mol. The van der Waals surface area contributed by atoms with E-state index in [0.717, 1.165) is 16.9 Å². The van der Waals surface area contributed by atoms with Gasteiger partial charge in [0.2, 0.25) is 0 Å². The van der Waals surface area contributed by atoms with Crippen molar-refractivity contribution in [2.24, 2.45) is 0 Å². The summed E-state index contributed by atoms with van der Waals surface area (Å²) >= 11 is 0. The summed E-state index contributed by atoms with van der Waals surface area (Å²) < 4.78 is 1.78. The average Bonchev–Trinajstić information content (AvgIpc) is 2.21. The third kappa shape index (κ3) is 0.635. The Hall–Kier alpha value is -1.25. The molecule has 2 aromatic heterocycles. The van der Waals surface area contributed by atoms with Crippen LogP contribution in [0.3, 0.4) is 0 Å². The van der Waals surface area contributed by atoms with Crippen LogP contribution in [0.5, 0.6) is 0 Å². The van der Waals surface area contributed by atoms with Gasteiger partial charge in [0.1, 0.15) is 0 Å². The first-order chi connectivity index (χ1) is 4.75. The maximum absolute atomic E-state index is 4.20. The Morgan fingerprint density at radius 1 is 1.40 bits per heavy atom. The van der Waals surface area contributed by atoms with Crippen LogP contribution in [0.2, 0.25) is 0 Å². The summed E-state index contributed by atoms with van der Waals surface area (Å²) in [7, 11) is 0. The summed E-state index contributed by atoms with van der Waals surface area (Å²) in [6, 6.07) is 4.11. The summed E-state index contributed by atoms with van der Waals surface area (Å²) in [6.07, 6.45) is 0. The Kier molecular flexibility index (Phi) is 0.897. The summed E-state index contributed by atoms with van der Waals surface area (Å²) in [5, 5.41) is 7.28. The molecule has 0 atom stereocenters. The molecule has 0 radical (unpaired) electrons. The molecule has 0 saturated carbocycles. The van der Waals surface area contributed by atoms with Crippen molar-refractivity contribution in [3.63, 3.8) is 0 Å². The summed E-state index contributed by atoms with van der Waals surface area (Å²) in [6.45, 7) is 4.00. The smallest absolute Gasteiger partial charge is 0.0870 e. The predicted octanol–water partition coefficient (Wildman–Crippen LogP) is 1.28. The second kappa shape index (κ2) is 1.62. The van der Waals surface area contributed by atoms with Crippen LogP contribution >= 0.6 is 0 Å². The zero-order valence-corrected chi connectivity index (χ0v) is 6.05. The average molecular weight is 135 g/mol. The minimum Gasteiger partial charge on any atom is -0.282 e. The quantitative estimate of drug-likeness (QED) is 0.580. The van der Waals surface area contributed by atoms with E-state index in [1.54, 1.807) is 4.63 Å². The number of aromatic nitrogens is 3. The fourth-order valence-electron chi connectivity index (χ4n) is 1.13. The van der Waals surface area contributed by atoms with Gasteiger partial charge in [0.05, 0.1) is 11.2 Å². The third-order valence-corrected chi connectivity index (χ3v) is 1.51. The van der Waals surface area contributed by atoms with Crippen LogP contribution in [-0.2, 0) is 0 Å². The molecular formula is C7H9N3. The summed E-state index contributed by atoms with van der Waals surface area (Å²) in [5.74, 6) is 0. The van der Waals surface area contributed by atoms with E-state index in [2.05, 4.69) is 16.3 Å². The maximum Gasteiger partial charge on any atom is 0.0870 e. The van der Waals surface area contributed by atoms with Crippen molar-refractivity contribution in [3.8, 4) is 0 Å². The van der Waals surface area contributed by atoms with Crippen molar-refractivity contribution < 1.29 is 0 Å². The zero-order valence-electron chi connectivity index (χ0n) is 6.05. The highest BCUT2D eigenvalue weighted by atomic mass is 15.4. The van der Waals surface area contributed by atoms with Crippen molar-refractivity contribution in [1.29, 1.82) is 0 Å². The van der Waals surface area contributed by atoms with Gasteiger partial charge in [0.15, 0.2) is 0 Å². The van der Waals surface area contributed by atoms with E-state index in [1.165, 1.54) is 0 Å². The lowest BCUT2D eigenvalue weighted by molar-refractivity contribution is 0.794. The van der Waals surface area contributed by atoms with Crippen LogP contribution < -0.4 is 0 Å². The van der Waals surface area contributed by atoms with Crippen molar-refractivity contribution >= 4 is 5.52 Å². The second-order valence-corrected chi connectivity index (χ2v) is 2.56. The molecule has 0 saturated heterocycles. The van der Waals surface area contributed by atoms with Gasteiger partial charge in [-0.2, -0.15) is 9.73 Å². The lowest BCUT2D eigenvalue weighted by Gasteiger charge is -1.80. The molecule has 2 heterocycles. The van der Waals surface area contributed by atoms with E-state index in [1.807, 2.05) is 19.9 Å². The summed E-state index contributed by atoms with van der Waals surface area (Å²) in [4.78, 5) is 0. The number of hydrogen-bond acceptors (Lipinski definition) is 1. The number of aromatic amines is 1. The SMILES string of the molecule is Cc1cc2cc(C)[nH]n2n1. The van der Waals surface area contributed by atoms with Crippen LogP contribution in [0.15, 0.2) is 12.1 Å². The van der Waals surface area contributed by atoms with Crippen LogP contribution in [0.4, 0.5) is 0 Å². The molecule has 0 aliphatic heterocycles. The monoisotopic (exact) mass is 135 g/mol. The van der Waals surface area contributed by atoms with E-state index < -0.39 is 0 Å². The Bertz CT molecular complexity index is 293. The van der Waals surface area contributed by atoms with E-state index in [9.17, 15) is 0 Å². The molecule has 0 aliphatic carbocycles. The highest BCUT2D eigenvalue weighted by Crippen LogP contribution is 2.05. The fraction of sp³-hybridized carbons (Fsp3) is 0.286. The van der Waals surface area contributed by atoms with E-state index >= 15 is 0 Å². The molecule has 0 fully saturated rings. The Morgan fingerprint density at radius 3 is 2.90 bits per heavy atom. The van der Waals surface area contributed by atoms with Gasteiger partial charge in [-0.05, 0) is 26.0 Å². The van der Waals surface area contributed by atoms with Crippen molar-refractivity contribution in [1.82, 2.24) is 14.8 Å². The number of hydrogen-bond donors (Lipinski definition) is 1. The first-order valence-electron chi connectivity index (χ1n) is 3.28. The van der Waals surface area contributed by atoms with Crippen molar-refractivity contribution in [2.45, 2.75) is 13.8 Å². The van der Waals surface area contributed by atoms with Crippen LogP contribution in [0.1, 0.15) is 11.4 Å².